The number of hydrogen-bond donors (Lipinski definition) is 2. The molecule has 0 aliphatic carbocycles. The van der Waals surface area contributed by atoms with Crippen LogP contribution in [0.5, 0.6) is 0 Å². The van der Waals surface area contributed by atoms with Crippen LogP contribution in [0.2, 0.25) is 0 Å². The molecule has 22 heavy (non-hydrogen) atoms. The predicted octanol–water partition coefficient (Wildman–Crippen LogP) is 1.83. The topological polar surface area (TPSA) is 61.4 Å². The van der Waals surface area contributed by atoms with E-state index in [4.69, 9.17) is 0 Å². The summed E-state index contributed by atoms with van der Waals surface area (Å²) in [5.41, 5.74) is 2.00. The third-order valence-corrected chi connectivity index (χ3v) is 3.36. The van der Waals surface area contributed by atoms with Gasteiger partial charge in [-0.1, -0.05) is 18.2 Å². The van der Waals surface area contributed by atoms with E-state index >= 15 is 0 Å². The Hall–Kier alpha value is -2.25. The van der Waals surface area contributed by atoms with Crippen molar-refractivity contribution in [1.82, 2.24) is 10.6 Å². The number of carbonyl (C=O) groups is 2. The van der Waals surface area contributed by atoms with E-state index in [0.29, 0.717) is 0 Å². The number of alkyl halides is 3. The zero-order valence-electron chi connectivity index (χ0n) is 11.9. The van der Waals surface area contributed by atoms with Crippen LogP contribution in [0.3, 0.4) is 0 Å². The molecule has 2 N–H and O–H groups in total. The smallest absolute Gasteiger partial charge is 0.359 e. The van der Waals surface area contributed by atoms with E-state index in [-0.39, 0.29) is 12.6 Å². The van der Waals surface area contributed by atoms with E-state index in [2.05, 4.69) is 0 Å². The number of amides is 3. The highest BCUT2D eigenvalue weighted by Gasteiger charge is 2.29. The van der Waals surface area contributed by atoms with Gasteiger partial charge in [0, 0.05) is 11.7 Å². The fraction of sp³-hybridized carbons (Fsp3) is 0.429. The molecule has 1 heterocycles. The lowest BCUT2D eigenvalue weighted by molar-refractivity contribution is -0.124. The van der Waals surface area contributed by atoms with Crippen LogP contribution in [-0.2, 0) is 11.2 Å². The maximum Gasteiger partial charge on any atom is 0.405 e. The molecular formula is C14H16F3N3O2. The lowest BCUT2D eigenvalue weighted by atomic mass is 10.1. The van der Waals surface area contributed by atoms with Gasteiger partial charge in [0.1, 0.15) is 6.54 Å². The summed E-state index contributed by atoms with van der Waals surface area (Å²) in [5, 5.41) is 3.49. The molecule has 0 spiro atoms. The minimum atomic E-state index is -4.51. The van der Waals surface area contributed by atoms with Gasteiger partial charge in [0.2, 0.25) is 5.91 Å². The van der Waals surface area contributed by atoms with Crippen LogP contribution in [0.4, 0.5) is 23.7 Å². The molecule has 3 amide bonds. The van der Waals surface area contributed by atoms with Crippen molar-refractivity contribution < 1.29 is 22.8 Å². The number of rotatable bonds is 3. The van der Waals surface area contributed by atoms with Crippen molar-refractivity contribution in [2.75, 3.05) is 18.0 Å². The maximum absolute atomic E-state index is 12.0. The van der Waals surface area contributed by atoms with Gasteiger partial charge in [-0.2, -0.15) is 13.2 Å². The molecule has 120 valence electrons. The van der Waals surface area contributed by atoms with Crippen molar-refractivity contribution in [2.24, 2.45) is 0 Å². The second-order valence-electron chi connectivity index (χ2n) is 5.16. The van der Waals surface area contributed by atoms with Gasteiger partial charge in [0.05, 0.1) is 6.54 Å². The highest BCUT2D eigenvalue weighted by Crippen LogP contribution is 2.31. The number of urea groups is 1. The first kappa shape index (κ1) is 16.1. The van der Waals surface area contributed by atoms with Crippen molar-refractivity contribution in [3.05, 3.63) is 29.8 Å². The molecule has 0 saturated heterocycles. The van der Waals surface area contributed by atoms with Crippen molar-refractivity contribution in [2.45, 2.75) is 25.6 Å². The maximum atomic E-state index is 12.0. The molecule has 2 rings (SSSR count). The van der Waals surface area contributed by atoms with Crippen molar-refractivity contribution in [3.8, 4) is 0 Å². The van der Waals surface area contributed by atoms with Gasteiger partial charge in [0.25, 0.3) is 0 Å². The van der Waals surface area contributed by atoms with E-state index in [0.717, 1.165) is 17.7 Å². The minimum absolute atomic E-state index is 0.0846. The van der Waals surface area contributed by atoms with Crippen LogP contribution in [0.15, 0.2) is 24.3 Å². The number of carbonyl (C=O) groups excluding carboxylic acids is 2. The summed E-state index contributed by atoms with van der Waals surface area (Å²) in [5.74, 6) is -0.650. The van der Waals surface area contributed by atoms with E-state index in [1.165, 1.54) is 0 Å². The number of nitrogens with one attached hydrogen (secondary N) is 2. The Bertz CT molecular complexity index is 575. The quantitative estimate of drug-likeness (QED) is 0.894. The molecule has 0 saturated carbocycles. The van der Waals surface area contributed by atoms with Crippen LogP contribution < -0.4 is 15.5 Å². The van der Waals surface area contributed by atoms with Gasteiger partial charge in [-0.3, -0.25) is 10.1 Å². The average Bonchev–Trinajstić information content (AvgIpc) is 2.72. The molecule has 8 heteroatoms. The van der Waals surface area contributed by atoms with Crippen molar-refractivity contribution >= 4 is 17.6 Å². The van der Waals surface area contributed by atoms with Gasteiger partial charge in [-0.15, -0.1) is 0 Å². The molecule has 0 unspecified atom stereocenters. The van der Waals surface area contributed by atoms with E-state index in [9.17, 15) is 22.8 Å². The second-order valence-corrected chi connectivity index (χ2v) is 5.16. The van der Waals surface area contributed by atoms with Gasteiger partial charge < -0.3 is 10.2 Å². The highest BCUT2D eigenvalue weighted by molar-refractivity contribution is 5.96. The van der Waals surface area contributed by atoms with Gasteiger partial charge in [-0.25, -0.2) is 4.79 Å². The highest BCUT2D eigenvalue weighted by atomic mass is 19.4. The molecular weight excluding hydrogens is 299 g/mol. The predicted molar refractivity (Wildman–Crippen MR) is 74.6 cm³/mol. The molecule has 0 fully saturated rings. The first-order valence-electron chi connectivity index (χ1n) is 6.75. The average molecular weight is 315 g/mol. The Morgan fingerprint density at radius 2 is 2.00 bits per heavy atom. The summed E-state index contributed by atoms with van der Waals surface area (Å²) in [6.45, 7) is 0.379. The Kier molecular flexibility index (Phi) is 4.58. The lowest BCUT2D eigenvalue weighted by Crippen LogP contribution is -2.47. The number of imide groups is 1. The largest absolute Gasteiger partial charge is 0.405 e. The van der Waals surface area contributed by atoms with Crippen LogP contribution in [0.25, 0.3) is 0 Å². The molecule has 1 aromatic rings. The number of halogens is 3. The first-order valence-corrected chi connectivity index (χ1v) is 6.75. The first-order chi connectivity index (χ1) is 10.3. The summed E-state index contributed by atoms with van der Waals surface area (Å²) in [6, 6.07) is 6.51. The molecule has 5 nitrogen and oxygen atoms in total. The molecule has 1 aliphatic rings. The Labute approximate surface area is 125 Å². The number of nitrogens with zero attached hydrogens (tertiary/aromatic N) is 1. The monoisotopic (exact) mass is 315 g/mol. The van der Waals surface area contributed by atoms with Crippen LogP contribution in [0, 0.1) is 0 Å². The number of benzene rings is 1. The summed E-state index contributed by atoms with van der Waals surface area (Å²) >= 11 is 0. The van der Waals surface area contributed by atoms with Crippen molar-refractivity contribution in [3.63, 3.8) is 0 Å². The zero-order chi connectivity index (χ0) is 16.3. The number of para-hydroxylation sites is 1. The lowest BCUT2D eigenvalue weighted by Gasteiger charge is -2.24. The molecule has 0 radical (unpaired) electrons. The van der Waals surface area contributed by atoms with Crippen LogP contribution >= 0.6 is 0 Å². The van der Waals surface area contributed by atoms with Crippen LogP contribution in [0.1, 0.15) is 12.5 Å². The second kappa shape index (κ2) is 6.25. The minimum Gasteiger partial charge on any atom is -0.359 e. The molecule has 0 bridgehead atoms. The molecule has 0 aromatic heterocycles. The standard InChI is InChI=1S/C14H16F3N3O2/c1-9-6-10-4-2-3-5-11(10)20(9)7-12(21)19-13(22)18-8-14(15,16)17/h2-5,9H,6-8H2,1H3,(H2,18,19,21,22)/t9-/m1/s1. The summed E-state index contributed by atoms with van der Waals surface area (Å²) < 4.78 is 35.9. The number of anilines is 1. The van der Waals surface area contributed by atoms with Crippen LogP contribution in [-0.4, -0.2) is 37.2 Å². The van der Waals surface area contributed by atoms with Gasteiger partial charge in [0.15, 0.2) is 0 Å². The zero-order valence-corrected chi connectivity index (χ0v) is 11.9. The Morgan fingerprint density at radius 1 is 1.32 bits per heavy atom. The van der Waals surface area contributed by atoms with E-state index in [1.54, 1.807) is 5.32 Å². The van der Waals surface area contributed by atoms with E-state index < -0.39 is 24.7 Å². The van der Waals surface area contributed by atoms with Gasteiger partial charge >= 0.3 is 12.2 Å². The summed E-state index contributed by atoms with van der Waals surface area (Å²) in [7, 11) is 0. The van der Waals surface area contributed by atoms with Gasteiger partial charge in [-0.05, 0) is 25.0 Å². The van der Waals surface area contributed by atoms with E-state index in [1.807, 2.05) is 41.4 Å². The third kappa shape index (κ3) is 4.12. The van der Waals surface area contributed by atoms with Crippen molar-refractivity contribution in [1.29, 1.82) is 0 Å². The normalized spacial score (nSPS) is 17.1. The molecule has 1 atom stereocenters. The SMILES string of the molecule is C[C@@H]1Cc2ccccc2N1CC(=O)NC(=O)NCC(F)(F)F. The molecule has 1 aliphatic heterocycles. The molecule has 1 aromatic carbocycles. The fourth-order valence-electron chi connectivity index (χ4n) is 2.42. The Balaban J connectivity index is 1.89. The Morgan fingerprint density at radius 3 is 2.68 bits per heavy atom. The third-order valence-electron chi connectivity index (χ3n) is 3.36. The number of hydrogen-bond acceptors (Lipinski definition) is 3. The summed E-state index contributed by atoms with van der Waals surface area (Å²) in [6.07, 6.45) is -3.73. The summed E-state index contributed by atoms with van der Waals surface area (Å²) in [4.78, 5) is 24.9. The fourth-order valence-corrected chi connectivity index (χ4v) is 2.42. The number of fused-ring (bicyclic) bond motifs is 1.